The Hall–Kier alpha value is -3.41. The topological polar surface area (TPSA) is 56.1 Å². The van der Waals surface area contributed by atoms with Crippen molar-refractivity contribution in [3.8, 4) is 16.9 Å². The van der Waals surface area contributed by atoms with E-state index in [1.807, 2.05) is 78.9 Å². The summed E-state index contributed by atoms with van der Waals surface area (Å²) in [7, 11) is 0. The average molecular weight is 404 g/mol. The van der Waals surface area contributed by atoms with Crippen molar-refractivity contribution >= 4 is 17.5 Å². The van der Waals surface area contributed by atoms with Gasteiger partial charge in [-0.25, -0.2) is 10.2 Å². The quantitative estimate of drug-likeness (QED) is 0.458. The molecule has 0 saturated carbocycles. The fourth-order valence-corrected chi connectivity index (χ4v) is 3.10. The minimum Gasteiger partial charge on any atom is -0.269 e. The predicted octanol–water partition coefficient (Wildman–Crippen LogP) is 5.05. The molecular formula is C23H18ClN3O2. The van der Waals surface area contributed by atoms with Crippen LogP contribution < -0.4 is 5.48 Å². The zero-order chi connectivity index (χ0) is 20.1. The maximum absolute atomic E-state index is 12.8. The average Bonchev–Trinajstić information content (AvgIpc) is 3.22. The number of hydrogen-bond donors (Lipinski definition) is 1. The van der Waals surface area contributed by atoms with Crippen LogP contribution in [0.15, 0.2) is 91.1 Å². The van der Waals surface area contributed by atoms with Crippen LogP contribution in [0.25, 0.3) is 16.9 Å². The van der Waals surface area contributed by atoms with E-state index in [-0.39, 0.29) is 12.5 Å². The number of carbonyl (C=O) groups is 1. The van der Waals surface area contributed by atoms with Crippen LogP contribution in [0.1, 0.15) is 15.9 Å². The van der Waals surface area contributed by atoms with Crippen molar-refractivity contribution in [3.63, 3.8) is 0 Å². The van der Waals surface area contributed by atoms with E-state index >= 15 is 0 Å². The van der Waals surface area contributed by atoms with Crippen molar-refractivity contribution < 1.29 is 9.63 Å². The van der Waals surface area contributed by atoms with Crippen molar-refractivity contribution in [2.24, 2.45) is 0 Å². The van der Waals surface area contributed by atoms with Gasteiger partial charge in [-0.3, -0.25) is 9.63 Å². The van der Waals surface area contributed by atoms with Gasteiger partial charge in [0.05, 0.1) is 11.3 Å². The van der Waals surface area contributed by atoms with E-state index in [1.165, 1.54) is 0 Å². The fourth-order valence-electron chi connectivity index (χ4n) is 2.91. The molecular weight excluding hydrogens is 386 g/mol. The minimum atomic E-state index is -0.377. The van der Waals surface area contributed by atoms with Gasteiger partial charge < -0.3 is 0 Å². The number of para-hydroxylation sites is 1. The molecule has 0 saturated heterocycles. The highest BCUT2D eigenvalue weighted by atomic mass is 35.5. The molecule has 1 amide bonds. The molecule has 144 valence electrons. The van der Waals surface area contributed by atoms with Crippen molar-refractivity contribution in [1.82, 2.24) is 15.3 Å². The Morgan fingerprint density at radius 3 is 2.31 bits per heavy atom. The lowest BCUT2D eigenvalue weighted by Crippen LogP contribution is -2.23. The van der Waals surface area contributed by atoms with Gasteiger partial charge in [-0.05, 0) is 23.8 Å². The summed E-state index contributed by atoms with van der Waals surface area (Å²) in [6.45, 7) is 0.166. The molecule has 1 aromatic heterocycles. The van der Waals surface area contributed by atoms with E-state index in [1.54, 1.807) is 16.9 Å². The molecule has 0 aliphatic rings. The van der Waals surface area contributed by atoms with Gasteiger partial charge in [-0.2, -0.15) is 5.10 Å². The highest BCUT2D eigenvalue weighted by molar-refractivity contribution is 6.31. The van der Waals surface area contributed by atoms with Crippen molar-refractivity contribution in [1.29, 1.82) is 0 Å². The van der Waals surface area contributed by atoms with Crippen molar-refractivity contribution in [3.05, 3.63) is 107 Å². The maximum atomic E-state index is 12.8. The molecule has 4 aromatic rings. The molecule has 0 unspecified atom stereocenters. The summed E-state index contributed by atoms with van der Waals surface area (Å²) in [5, 5.41) is 5.22. The SMILES string of the molecule is O=C(NOCc1ccccc1Cl)c1cn(-c2ccccc2)nc1-c1ccccc1. The molecule has 0 atom stereocenters. The first-order valence-electron chi connectivity index (χ1n) is 9.08. The van der Waals surface area contributed by atoms with Crippen molar-refractivity contribution in [2.45, 2.75) is 6.61 Å². The number of nitrogens with one attached hydrogen (secondary N) is 1. The molecule has 4 rings (SSSR count). The summed E-state index contributed by atoms with van der Waals surface area (Å²) in [5.41, 5.74) is 5.99. The third kappa shape index (κ3) is 4.37. The summed E-state index contributed by atoms with van der Waals surface area (Å²) in [5.74, 6) is -0.377. The Kier molecular flexibility index (Phi) is 5.70. The van der Waals surface area contributed by atoms with Crippen LogP contribution >= 0.6 is 11.6 Å². The zero-order valence-corrected chi connectivity index (χ0v) is 16.2. The van der Waals surface area contributed by atoms with Gasteiger partial charge in [0, 0.05) is 16.8 Å². The number of hydrogen-bond acceptors (Lipinski definition) is 3. The lowest BCUT2D eigenvalue weighted by Gasteiger charge is -2.07. The van der Waals surface area contributed by atoms with E-state index in [9.17, 15) is 4.79 Å². The Labute approximate surface area is 173 Å². The summed E-state index contributed by atoms with van der Waals surface area (Å²) >= 11 is 6.13. The third-order valence-corrected chi connectivity index (χ3v) is 4.75. The largest absolute Gasteiger partial charge is 0.278 e. The number of benzene rings is 3. The van der Waals surface area contributed by atoms with Gasteiger partial charge in [0.25, 0.3) is 5.91 Å². The molecule has 6 heteroatoms. The summed E-state index contributed by atoms with van der Waals surface area (Å²) in [6, 6.07) is 26.5. The Morgan fingerprint density at radius 1 is 0.931 bits per heavy atom. The van der Waals surface area contributed by atoms with Crippen LogP contribution in [-0.2, 0) is 11.4 Å². The number of rotatable bonds is 6. The standard InChI is InChI=1S/C23H18ClN3O2/c24-21-14-8-7-11-18(21)16-29-26-23(28)20-15-27(19-12-5-2-6-13-19)25-22(20)17-9-3-1-4-10-17/h1-15H,16H2,(H,26,28). The van der Waals surface area contributed by atoms with Crippen molar-refractivity contribution in [2.75, 3.05) is 0 Å². The van der Waals surface area contributed by atoms with Gasteiger partial charge in [0.2, 0.25) is 0 Å². The molecule has 0 aliphatic carbocycles. The summed E-state index contributed by atoms with van der Waals surface area (Å²) < 4.78 is 1.69. The van der Waals surface area contributed by atoms with Crippen LogP contribution in [-0.4, -0.2) is 15.7 Å². The monoisotopic (exact) mass is 403 g/mol. The minimum absolute atomic E-state index is 0.166. The number of amides is 1. The molecule has 0 bridgehead atoms. The summed E-state index contributed by atoms with van der Waals surface area (Å²) in [4.78, 5) is 18.2. The molecule has 1 N–H and O–H groups in total. The number of carbonyl (C=O) groups excluding carboxylic acids is 1. The van der Waals surface area contributed by atoms with Crippen LogP contribution in [0.4, 0.5) is 0 Å². The van der Waals surface area contributed by atoms with Crippen LogP contribution in [0.3, 0.4) is 0 Å². The van der Waals surface area contributed by atoms with Gasteiger partial charge >= 0.3 is 0 Å². The highest BCUT2D eigenvalue weighted by Crippen LogP contribution is 2.24. The van der Waals surface area contributed by atoms with Gasteiger partial charge in [-0.15, -0.1) is 0 Å². The zero-order valence-electron chi connectivity index (χ0n) is 15.5. The third-order valence-electron chi connectivity index (χ3n) is 4.38. The van der Waals surface area contributed by atoms with Gasteiger partial charge in [-0.1, -0.05) is 78.3 Å². The first-order chi connectivity index (χ1) is 14.2. The van der Waals surface area contributed by atoms with E-state index < -0.39 is 0 Å². The molecule has 3 aromatic carbocycles. The Bertz CT molecular complexity index is 1110. The van der Waals surface area contributed by atoms with Gasteiger partial charge in [0.1, 0.15) is 12.3 Å². The molecule has 0 radical (unpaired) electrons. The van der Waals surface area contributed by atoms with E-state index in [2.05, 4.69) is 10.6 Å². The number of aromatic nitrogens is 2. The number of nitrogens with zero attached hydrogens (tertiary/aromatic N) is 2. The molecule has 0 fully saturated rings. The van der Waals surface area contributed by atoms with Crippen LogP contribution in [0, 0.1) is 0 Å². The van der Waals surface area contributed by atoms with Crippen LogP contribution in [0.2, 0.25) is 5.02 Å². The first kappa shape index (κ1) is 18.9. The van der Waals surface area contributed by atoms with E-state index in [0.29, 0.717) is 16.3 Å². The second kappa shape index (κ2) is 8.73. The normalized spacial score (nSPS) is 10.7. The summed E-state index contributed by atoms with van der Waals surface area (Å²) in [6.07, 6.45) is 1.70. The highest BCUT2D eigenvalue weighted by Gasteiger charge is 2.19. The molecule has 0 spiro atoms. The second-order valence-corrected chi connectivity index (χ2v) is 6.76. The number of halogens is 1. The van der Waals surface area contributed by atoms with Crippen LogP contribution in [0.5, 0.6) is 0 Å². The molecule has 0 aliphatic heterocycles. The molecule has 5 nitrogen and oxygen atoms in total. The lowest BCUT2D eigenvalue weighted by molar-refractivity contribution is 0.0234. The molecule has 1 heterocycles. The smallest absolute Gasteiger partial charge is 0.269 e. The van der Waals surface area contributed by atoms with Gasteiger partial charge in [0.15, 0.2) is 0 Å². The lowest BCUT2D eigenvalue weighted by atomic mass is 10.1. The number of hydroxylamine groups is 1. The van der Waals surface area contributed by atoms with E-state index in [0.717, 1.165) is 16.8 Å². The maximum Gasteiger partial charge on any atom is 0.278 e. The predicted molar refractivity (Wildman–Crippen MR) is 113 cm³/mol. The first-order valence-corrected chi connectivity index (χ1v) is 9.46. The Morgan fingerprint density at radius 2 is 1.59 bits per heavy atom. The second-order valence-electron chi connectivity index (χ2n) is 6.35. The van der Waals surface area contributed by atoms with E-state index in [4.69, 9.17) is 16.4 Å². The Balaban J connectivity index is 1.58. The fraction of sp³-hybridized carbons (Fsp3) is 0.0435. The molecule has 29 heavy (non-hydrogen) atoms.